The lowest BCUT2D eigenvalue weighted by Gasteiger charge is -2.19. The first-order valence-corrected chi connectivity index (χ1v) is 44.7. The minimum absolute atomic E-state index is 0.188. The molecule has 704 valence electrons. The van der Waals surface area contributed by atoms with Crippen LogP contribution in [0.2, 0.25) is 0 Å². The Bertz CT molecular complexity index is 5240. The molecule has 16 N–H and O–H groups in total. The third kappa shape index (κ3) is 32.9. The van der Waals surface area contributed by atoms with Crippen molar-refractivity contribution in [2.75, 3.05) is 92.0 Å². The summed E-state index contributed by atoms with van der Waals surface area (Å²) < 4.78 is 198. The van der Waals surface area contributed by atoms with Crippen LogP contribution in [-0.2, 0) is 50.4 Å². The zero-order chi connectivity index (χ0) is 95.1. The molecule has 132 heavy (non-hydrogen) atoms. The van der Waals surface area contributed by atoms with E-state index in [1.54, 1.807) is 42.5 Å². The monoisotopic (exact) mass is 1830 g/mol. The van der Waals surface area contributed by atoms with Gasteiger partial charge in [0.2, 0.25) is 0 Å². The fourth-order valence-corrected chi connectivity index (χ4v) is 14.3. The van der Waals surface area contributed by atoms with Crippen LogP contribution in [0, 0.1) is 0 Å². The predicted octanol–water partition coefficient (Wildman–Crippen LogP) is 24.2. The van der Waals surface area contributed by atoms with Gasteiger partial charge in [-0.1, -0.05) is 166 Å². The molecule has 14 nitrogen and oxygen atoms in total. The van der Waals surface area contributed by atoms with Crippen LogP contribution in [0.25, 0.3) is 89.0 Å². The van der Waals surface area contributed by atoms with Crippen LogP contribution in [-0.4, -0.2) is 92.0 Å². The summed E-state index contributed by atoms with van der Waals surface area (Å²) in [7, 11) is 0. The maximum atomic E-state index is 14.1. The number of unbranched alkanes of at least 4 members (excludes halogenated alkanes) is 2. The lowest BCUT2D eigenvalue weighted by molar-refractivity contribution is -0.138. The first-order chi connectivity index (χ1) is 63.5. The summed E-state index contributed by atoms with van der Waals surface area (Å²) in [5.41, 5.74) is 56.9. The average Bonchev–Trinajstić information content (AvgIpc) is 0.784. The lowest BCUT2D eigenvalue weighted by Crippen LogP contribution is -2.11. The van der Waals surface area contributed by atoms with Crippen molar-refractivity contribution in [2.24, 2.45) is 45.9 Å². The van der Waals surface area contributed by atoms with Crippen molar-refractivity contribution in [1.82, 2.24) is 0 Å². The Morgan fingerprint density at radius 2 is 0.455 bits per heavy atom. The van der Waals surface area contributed by atoms with E-state index in [0.717, 1.165) is 142 Å². The van der Waals surface area contributed by atoms with Gasteiger partial charge in [0.05, 0.1) is 48.7 Å². The van der Waals surface area contributed by atoms with Crippen molar-refractivity contribution in [2.45, 2.75) is 128 Å². The van der Waals surface area contributed by atoms with Crippen molar-refractivity contribution < 1.29 is 81.1 Å². The molecule has 0 bridgehead atoms. The highest BCUT2D eigenvalue weighted by atomic mass is 19.4. The molecule has 0 atom stereocenters. The topological polar surface area (TPSA) is 264 Å². The number of nitrogens with two attached hydrogens (primary N) is 8. The molecule has 0 aromatic heterocycles. The third-order valence-electron chi connectivity index (χ3n) is 21.1. The van der Waals surface area contributed by atoms with Gasteiger partial charge >= 0.3 is 24.7 Å². The molecule has 12 aromatic rings. The predicted molar refractivity (Wildman–Crippen MR) is 507 cm³/mol. The maximum absolute atomic E-state index is 14.1. The van der Waals surface area contributed by atoms with E-state index in [9.17, 15) is 52.7 Å². The zero-order valence-corrected chi connectivity index (χ0v) is 74.7. The highest BCUT2D eigenvalue weighted by molar-refractivity contribution is 5.84. The Balaban J connectivity index is 0.000000200. The summed E-state index contributed by atoms with van der Waals surface area (Å²) in [6, 6.07) is 72.6. The Labute approximate surface area is 766 Å². The highest BCUT2D eigenvalue weighted by Crippen LogP contribution is 2.46. The molecule has 0 aliphatic carbocycles. The standard InChI is InChI=1S/C30H38F3N3O4.C26H26F6N2O2.C26H28F3N.C24H28N2/c1-2-3-8-37-26-15-23(17-28(19-26)39-10-6-35)21-12-22(14-25(13-21)30(31,32)33)24-16-27(38-9-4-5-34)20-29(18-24)40-11-7-36;27-25(28,29)19-7-1-5-17(13-19)21-15-22(18-6-2-8-20(14-18)26(30,31)32)24(36-12-4-10-34)16-23(21)35-11-3-9-33;1-2-3-7-19-8-4-11-21(14-19)23-16-24(18-25(17-23)26(27,28)29)22-12-5-9-20(15-22)10-6-13-30;25-14-4-8-19-6-1-10-21(16-19)23-12-3-13-24(18-23)22-11-2-7-20(17-22)9-5-15-26/h12-20H,2-11,34-36H2,1H3;1-2,5-8,13-16H,3-4,9-12,33-34H2;4-5,8-9,11-12,14-18H,2-3,6-7,10,13,30H2,1H3;1-3,6-7,10-13,16-18H,4-5,8-9,14-15,25-26H2. The summed E-state index contributed by atoms with van der Waals surface area (Å²) in [5.74, 6) is 2.31. The molecule has 12 aromatic carbocycles. The van der Waals surface area contributed by atoms with Crippen LogP contribution < -0.4 is 74.3 Å². The van der Waals surface area contributed by atoms with Crippen LogP contribution in [0.4, 0.5) is 52.7 Å². The number of benzene rings is 12. The van der Waals surface area contributed by atoms with Crippen LogP contribution in [0.1, 0.15) is 123 Å². The van der Waals surface area contributed by atoms with Gasteiger partial charge in [0, 0.05) is 42.4 Å². The first kappa shape index (κ1) is 104. The quantitative estimate of drug-likeness (QED) is 0.0131. The zero-order valence-electron chi connectivity index (χ0n) is 74.7. The molecule has 0 spiro atoms. The SMILES string of the molecule is CCCCOc1cc(OCCN)cc(-c2cc(-c3cc(OCCN)cc(OCCCN)c3)cc(C(F)(F)F)c2)c1.CCCCc1cccc(-c2cc(-c3cccc(CCCN)c3)cc(C(F)(F)F)c2)c1.NCCCOc1cc(OCCCN)c(-c2cccc(C(F)(F)F)c2)cc1-c1cccc(C(F)(F)F)c1.NCCCc1cccc(-c2cccc(-c3cccc(CCCN)c3)c2)c1. The summed E-state index contributed by atoms with van der Waals surface area (Å²) >= 11 is 0. The van der Waals surface area contributed by atoms with Crippen molar-refractivity contribution in [3.63, 3.8) is 0 Å². The van der Waals surface area contributed by atoms with Gasteiger partial charge in [0.25, 0.3) is 0 Å². The molecular weight excluding hydrogens is 1710 g/mol. The number of hydrogen-bond donors (Lipinski definition) is 8. The molecule has 0 saturated carbocycles. The van der Waals surface area contributed by atoms with Gasteiger partial charge in [-0.25, -0.2) is 0 Å². The second kappa shape index (κ2) is 52.5. The average molecular weight is 1830 g/mol. The van der Waals surface area contributed by atoms with Crippen molar-refractivity contribution in [3.05, 3.63) is 299 Å². The van der Waals surface area contributed by atoms with Crippen LogP contribution in [0.3, 0.4) is 0 Å². The number of halogens is 12. The fraction of sp³-hybridized carbons (Fsp3) is 0.321. The minimum Gasteiger partial charge on any atom is -0.493 e. The second-order valence-corrected chi connectivity index (χ2v) is 31.6. The molecule has 12 rings (SSSR count). The minimum atomic E-state index is -4.58. The molecular formula is C106H120F12N8O6. The van der Waals surface area contributed by atoms with E-state index in [1.165, 1.54) is 81.9 Å². The van der Waals surface area contributed by atoms with Crippen LogP contribution in [0.15, 0.2) is 255 Å². The largest absolute Gasteiger partial charge is 0.493 e. The molecule has 0 saturated heterocycles. The molecule has 0 unspecified atom stereocenters. The summed E-state index contributed by atoms with van der Waals surface area (Å²) in [6.45, 7) is 9.66. The van der Waals surface area contributed by atoms with Crippen molar-refractivity contribution >= 4 is 0 Å². The first-order valence-electron chi connectivity index (χ1n) is 44.7. The van der Waals surface area contributed by atoms with Crippen molar-refractivity contribution in [1.29, 1.82) is 0 Å². The molecule has 0 amide bonds. The van der Waals surface area contributed by atoms with Gasteiger partial charge in [0.15, 0.2) is 0 Å². The normalized spacial score (nSPS) is 11.5. The molecule has 0 radical (unpaired) electrons. The van der Waals surface area contributed by atoms with Crippen LogP contribution >= 0.6 is 0 Å². The molecule has 0 aliphatic rings. The van der Waals surface area contributed by atoms with E-state index in [1.807, 2.05) is 61.5 Å². The van der Waals surface area contributed by atoms with Crippen molar-refractivity contribution in [3.8, 4) is 124 Å². The maximum Gasteiger partial charge on any atom is 0.416 e. The van der Waals surface area contributed by atoms with Gasteiger partial charge < -0.3 is 74.3 Å². The van der Waals surface area contributed by atoms with E-state index >= 15 is 0 Å². The Kier molecular flexibility index (Phi) is 41.4. The molecule has 26 heteroatoms. The van der Waals surface area contributed by atoms with E-state index in [0.29, 0.717) is 122 Å². The molecule has 0 fully saturated rings. The number of alkyl halides is 12. The molecule has 0 aliphatic heterocycles. The summed E-state index contributed by atoms with van der Waals surface area (Å²) in [5, 5.41) is 0. The number of hydrogen-bond acceptors (Lipinski definition) is 14. The third-order valence-corrected chi connectivity index (χ3v) is 21.1. The van der Waals surface area contributed by atoms with Gasteiger partial charge in [-0.3, -0.25) is 0 Å². The van der Waals surface area contributed by atoms with E-state index in [2.05, 4.69) is 79.7 Å². The number of ether oxygens (including phenoxy) is 6. The highest BCUT2D eigenvalue weighted by Gasteiger charge is 2.35. The van der Waals surface area contributed by atoms with E-state index in [4.69, 9.17) is 74.3 Å². The Hall–Kier alpha value is -11.7. The molecule has 0 heterocycles. The Morgan fingerprint density at radius 1 is 0.205 bits per heavy atom. The summed E-state index contributed by atoms with van der Waals surface area (Å²) in [4.78, 5) is 0. The Morgan fingerprint density at radius 3 is 0.773 bits per heavy atom. The van der Waals surface area contributed by atoms with Crippen LogP contribution in [0.5, 0.6) is 34.5 Å². The smallest absolute Gasteiger partial charge is 0.416 e. The number of aryl methyl sites for hydroxylation is 4. The van der Waals surface area contributed by atoms with E-state index < -0.39 is 47.0 Å². The van der Waals surface area contributed by atoms with Gasteiger partial charge in [-0.2, -0.15) is 52.7 Å². The second-order valence-electron chi connectivity index (χ2n) is 31.6. The van der Waals surface area contributed by atoms with E-state index in [-0.39, 0.29) is 66.7 Å². The lowest BCUT2D eigenvalue weighted by atomic mass is 9.93. The van der Waals surface area contributed by atoms with Gasteiger partial charge in [0.1, 0.15) is 47.7 Å². The fourth-order valence-electron chi connectivity index (χ4n) is 14.3. The van der Waals surface area contributed by atoms with Gasteiger partial charge in [-0.05, 0) is 314 Å². The summed E-state index contributed by atoms with van der Waals surface area (Å²) in [6.07, 6.45) is -5.88. The van der Waals surface area contributed by atoms with Gasteiger partial charge in [-0.15, -0.1) is 0 Å². The number of rotatable bonds is 42.